The number of aliphatic carboxylic acids is 2. The zero-order chi connectivity index (χ0) is 32.1. The first kappa shape index (κ1) is 32.9. The Balaban J connectivity index is 1.42. The summed E-state index contributed by atoms with van der Waals surface area (Å²) in [5.41, 5.74) is 0. The van der Waals surface area contributed by atoms with Gasteiger partial charge < -0.3 is 29.2 Å². The molecule has 0 aliphatic heterocycles. The normalized spacial score (nSPS) is 12.7. The molecular formula is C31H32F2O9S2. The van der Waals surface area contributed by atoms with Crippen molar-refractivity contribution in [3.05, 3.63) is 45.7 Å². The number of hydrogen-bond donors (Lipinski definition) is 2. The van der Waals surface area contributed by atoms with Crippen molar-refractivity contribution >= 4 is 60.6 Å². The van der Waals surface area contributed by atoms with Crippen LogP contribution in [0.5, 0.6) is 23.0 Å². The highest BCUT2D eigenvalue weighted by molar-refractivity contribution is 7.21. The fourth-order valence-electron chi connectivity index (χ4n) is 4.44. The number of ether oxygens (including phenoxy) is 4. The van der Waals surface area contributed by atoms with E-state index in [1.54, 1.807) is 25.1 Å². The smallest absolute Gasteiger partial charge is 0.306 e. The van der Waals surface area contributed by atoms with E-state index in [1.807, 2.05) is 0 Å². The first-order valence-corrected chi connectivity index (χ1v) is 15.4. The molecule has 2 heterocycles. The maximum atomic E-state index is 15.5. The molecule has 0 saturated heterocycles. The number of fused-ring (bicyclic) bond motifs is 2. The minimum Gasteiger partial charge on any atom is -0.493 e. The van der Waals surface area contributed by atoms with E-state index >= 15 is 8.78 Å². The van der Waals surface area contributed by atoms with Crippen LogP contribution in [0.15, 0.2) is 24.3 Å². The predicted octanol–water partition coefficient (Wildman–Crippen LogP) is 7.21. The molecule has 2 atom stereocenters. The van der Waals surface area contributed by atoms with Gasteiger partial charge in [0.2, 0.25) is 0 Å². The number of carboxylic acids is 2. The Hall–Kier alpha value is -3.97. The molecule has 236 valence electrons. The number of methoxy groups -OCH3 is 2. The largest absolute Gasteiger partial charge is 0.493 e. The average molecular weight is 651 g/mol. The topological polar surface area (TPSA) is 129 Å². The van der Waals surface area contributed by atoms with Crippen LogP contribution in [0.3, 0.4) is 0 Å². The van der Waals surface area contributed by atoms with Crippen LogP contribution in [-0.4, -0.2) is 55.4 Å². The van der Waals surface area contributed by atoms with Crippen molar-refractivity contribution in [1.82, 2.24) is 0 Å². The summed E-state index contributed by atoms with van der Waals surface area (Å²) >= 11 is 2.41. The lowest BCUT2D eigenvalue weighted by atomic mass is 10.0. The highest BCUT2D eigenvalue weighted by Crippen LogP contribution is 2.42. The summed E-state index contributed by atoms with van der Waals surface area (Å²) in [7, 11) is 2.76. The van der Waals surface area contributed by atoms with Gasteiger partial charge in [-0.2, -0.15) is 0 Å². The molecule has 0 amide bonds. The number of carbonyl (C=O) groups excluding carboxylic acids is 1. The zero-order valence-electron chi connectivity index (χ0n) is 24.5. The maximum absolute atomic E-state index is 15.5. The molecule has 4 rings (SSSR count). The van der Waals surface area contributed by atoms with Gasteiger partial charge in [0.15, 0.2) is 40.4 Å². The first-order chi connectivity index (χ1) is 20.9. The number of thiophene rings is 2. The van der Waals surface area contributed by atoms with Crippen LogP contribution < -0.4 is 18.9 Å². The summed E-state index contributed by atoms with van der Waals surface area (Å²) in [6, 6.07) is 6.31. The van der Waals surface area contributed by atoms with Crippen molar-refractivity contribution in [2.75, 3.05) is 27.4 Å². The lowest BCUT2D eigenvalue weighted by Gasteiger charge is -2.14. The molecule has 13 heteroatoms. The lowest BCUT2D eigenvalue weighted by molar-refractivity contribution is -0.142. The predicted molar refractivity (Wildman–Crippen MR) is 163 cm³/mol. The van der Waals surface area contributed by atoms with Crippen LogP contribution >= 0.6 is 22.7 Å². The summed E-state index contributed by atoms with van der Waals surface area (Å²) in [6.45, 7) is 3.09. The van der Waals surface area contributed by atoms with Gasteiger partial charge in [-0.25, -0.2) is 8.78 Å². The minimum absolute atomic E-state index is 0.00137. The number of Topliss-reactive ketones (excluding diaryl/α,β-unsaturated/α-hetero) is 1. The van der Waals surface area contributed by atoms with Crippen LogP contribution in [0, 0.1) is 23.5 Å². The molecule has 44 heavy (non-hydrogen) atoms. The van der Waals surface area contributed by atoms with E-state index in [-0.39, 0.29) is 59.3 Å². The molecule has 0 aliphatic rings. The summed E-state index contributed by atoms with van der Waals surface area (Å²) in [6.07, 6.45) is 0.979. The quantitative estimate of drug-likeness (QED) is 0.0955. The molecule has 0 saturated carbocycles. The van der Waals surface area contributed by atoms with Gasteiger partial charge in [-0.05, 0) is 25.0 Å². The number of carbonyl (C=O) groups is 3. The zero-order valence-corrected chi connectivity index (χ0v) is 26.2. The number of aryl methyl sites for hydroxylation is 1. The second-order valence-corrected chi connectivity index (χ2v) is 12.5. The number of halogens is 2. The standard InChI is InChI=1S/C31H32F2O9S2/c1-15(30(35)36)6-7-17-11-18-23(43-17)13-21(39-3)28(26(18)32)41-8-5-9-42-29-22(40-4)14-24-19(27(29)33)12-25(44-24)20(34)10-16(2)31(37)38/h11-16H,5-10H2,1-4H3,(H,35,36)(H,37,38). The molecule has 0 radical (unpaired) electrons. The number of hydrogen-bond acceptors (Lipinski definition) is 9. The second kappa shape index (κ2) is 14.2. The van der Waals surface area contributed by atoms with E-state index in [1.165, 1.54) is 38.5 Å². The van der Waals surface area contributed by atoms with Gasteiger partial charge in [-0.15, -0.1) is 22.7 Å². The molecule has 4 aromatic rings. The van der Waals surface area contributed by atoms with E-state index < -0.39 is 41.2 Å². The van der Waals surface area contributed by atoms with Gasteiger partial charge in [0, 0.05) is 50.0 Å². The molecule has 2 unspecified atom stereocenters. The van der Waals surface area contributed by atoms with Crippen molar-refractivity contribution < 1.29 is 52.3 Å². The van der Waals surface area contributed by atoms with Gasteiger partial charge in [0.05, 0.1) is 44.1 Å². The molecule has 2 aromatic carbocycles. The van der Waals surface area contributed by atoms with Crippen molar-refractivity contribution in [2.45, 2.75) is 39.5 Å². The summed E-state index contributed by atoms with van der Waals surface area (Å²) in [5, 5.41) is 18.7. The van der Waals surface area contributed by atoms with Crippen LogP contribution in [0.1, 0.15) is 47.7 Å². The van der Waals surface area contributed by atoms with E-state index in [4.69, 9.17) is 29.2 Å². The molecule has 0 bridgehead atoms. The highest BCUT2D eigenvalue weighted by Gasteiger charge is 2.23. The van der Waals surface area contributed by atoms with Crippen LogP contribution in [0.25, 0.3) is 20.2 Å². The maximum Gasteiger partial charge on any atom is 0.306 e. The van der Waals surface area contributed by atoms with Crippen molar-refractivity contribution in [3.63, 3.8) is 0 Å². The van der Waals surface area contributed by atoms with Crippen molar-refractivity contribution in [2.24, 2.45) is 11.8 Å². The van der Waals surface area contributed by atoms with Gasteiger partial charge in [0.1, 0.15) is 0 Å². The Labute approximate surface area is 259 Å². The van der Waals surface area contributed by atoms with E-state index in [0.717, 1.165) is 16.2 Å². The minimum atomic E-state index is -1.09. The Morgan fingerprint density at radius 2 is 1.32 bits per heavy atom. The van der Waals surface area contributed by atoms with E-state index in [0.29, 0.717) is 27.6 Å². The second-order valence-electron chi connectivity index (χ2n) is 10.3. The number of ketones is 1. The SMILES string of the molecule is COc1cc2sc(CCC(C)C(=O)O)cc2c(F)c1OCCCOc1c(OC)cc2sc(C(=O)CC(C)C(=O)O)cc2c1F. The van der Waals surface area contributed by atoms with Crippen molar-refractivity contribution in [3.8, 4) is 23.0 Å². The number of rotatable bonds is 16. The monoisotopic (exact) mass is 650 g/mol. The van der Waals surface area contributed by atoms with Crippen LogP contribution in [0.2, 0.25) is 0 Å². The van der Waals surface area contributed by atoms with Gasteiger partial charge in [0.25, 0.3) is 0 Å². The average Bonchev–Trinajstić information content (AvgIpc) is 3.61. The molecule has 9 nitrogen and oxygen atoms in total. The summed E-state index contributed by atoms with van der Waals surface area (Å²) in [5.74, 6) is -4.93. The summed E-state index contributed by atoms with van der Waals surface area (Å²) < 4.78 is 54.1. The molecule has 2 N–H and O–H groups in total. The third-order valence-electron chi connectivity index (χ3n) is 7.07. The third-order valence-corrected chi connectivity index (χ3v) is 9.34. The third kappa shape index (κ3) is 7.21. The van der Waals surface area contributed by atoms with Gasteiger partial charge in [-0.3, -0.25) is 14.4 Å². The fourth-order valence-corrected chi connectivity index (χ4v) is 6.58. The Morgan fingerprint density at radius 1 is 0.795 bits per heavy atom. The molecule has 2 aromatic heterocycles. The fraction of sp³-hybridized carbons (Fsp3) is 0.387. The Kier molecular flexibility index (Phi) is 10.6. The molecule has 0 aliphatic carbocycles. The first-order valence-electron chi connectivity index (χ1n) is 13.8. The van der Waals surface area contributed by atoms with Crippen molar-refractivity contribution in [1.29, 1.82) is 0 Å². The summed E-state index contributed by atoms with van der Waals surface area (Å²) in [4.78, 5) is 35.9. The number of benzene rings is 2. The molecular weight excluding hydrogens is 618 g/mol. The highest BCUT2D eigenvalue weighted by atomic mass is 32.1. The van der Waals surface area contributed by atoms with Crippen LogP contribution in [0.4, 0.5) is 8.78 Å². The lowest BCUT2D eigenvalue weighted by Crippen LogP contribution is -2.13. The van der Waals surface area contributed by atoms with E-state index in [9.17, 15) is 14.4 Å². The number of carboxylic acid groups (broad SMARTS) is 2. The Bertz CT molecular complexity index is 1690. The molecule has 0 fully saturated rings. The molecule has 0 spiro atoms. The van der Waals surface area contributed by atoms with Gasteiger partial charge in [-0.1, -0.05) is 13.8 Å². The van der Waals surface area contributed by atoms with E-state index in [2.05, 4.69) is 0 Å². The van der Waals surface area contributed by atoms with Crippen LogP contribution in [-0.2, 0) is 16.0 Å². The Morgan fingerprint density at radius 3 is 1.84 bits per heavy atom. The van der Waals surface area contributed by atoms with Gasteiger partial charge >= 0.3 is 11.9 Å².